The van der Waals surface area contributed by atoms with Gasteiger partial charge in [0.1, 0.15) is 6.26 Å². The van der Waals surface area contributed by atoms with Crippen LogP contribution >= 0.6 is 0 Å². The monoisotopic (exact) mass is 195 g/mol. The number of piperidine rings is 1. The highest BCUT2D eigenvalue weighted by molar-refractivity contribution is 4.95. The summed E-state index contributed by atoms with van der Waals surface area (Å²) in [6.07, 6.45) is 4.17. The van der Waals surface area contributed by atoms with Crippen LogP contribution < -0.4 is 5.32 Å². The van der Waals surface area contributed by atoms with Gasteiger partial charge >= 0.3 is 0 Å². The van der Waals surface area contributed by atoms with Crippen molar-refractivity contribution in [1.29, 1.82) is 0 Å². The number of hydrogen-bond acceptors (Lipinski definition) is 4. The lowest BCUT2D eigenvalue weighted by molar-refractivity contribution is 0.225. The van der Waals surface area contributed by atoms with E-state index in [2.05, 4.69) is 22.4 Å². The summed E-state index contributed by atoms with van der Waals surface area (Å²) in [5, 5.41) is 7.36. The van der Waals surface area contributed by atoms with E-state index in [1.165, 1.54) is 19.4 Å². The average Bonchev–Trinajstić information content (AvgIpc) is 2.67. The van der Waals surface area contributed by atoms with E-state index in [-0.39, 0.29) is 0 Å². The van der Waals surface area contributed by atoms with Crippen LogP contribution in [0, 0.1) is 0 Å². The first-order valence-corrected chi connectivity index (χ1v) is 5.16. The Morgan fingerprint density at radius 1 is 1.71 bits per heavy atom. The zero-order chi connectivity index (χ0) is 9.80. The maximum absolute atomic E-state index is 4.78. The Hall–Kier alpha value is -0.870. The molecule has 2 heterocycles. The molecule has 4 heteroatoms. The molecule has 4 nitrogen and oxygen atoms in total. The van der Waals surface area contributed by atoms with Gasteiger partial charge in [-0.05, 0) is 26.4 Å². The van der Waals surface area contributed by atoms with Crippen LogP contribution in [0.1, 0.15) is 18.5 Å². The van der Waals surface area contributed by atoms with Crippen LogP contribution in [-0.4, -0.2) is 36.2 Å². The van der Waals surface area contributed by atoms with Crippen LogP contribution in [0.3, 0.4) is 0 Å². The van der Waals surface area contributed by atoms with Crippen LogP contribution in [0.25, 0.3) is 0 Å². The third-order valence-electron chi connectivity index (χ3n) is 2.69. The number of nitrogens with zero attached hydrogens (tertiary/aromatic N) is 2. The summed E-state index contributed by atoms with van der Waals surface area (Å²) in [4.78, 5) is 2.37. The normalized spacial score (nSPS) is 23.9. The molecular weight excluding hydrogens is 178 g/mol. The maximum Gasteiger partial charge on any atom is 0.124 e. The van der Waals surface area contributed by atoms with E-state index in [0.29, 0.717) is 6.04 Å². The van der Waals surface area contributed by atoms with E-state index < -0.39 is 0 Å². The summed E-state index contributed by atoms with van der Waals surface area (Å²) in [6.45, 7) is 3.18. The molecule has 0 bridgehead atoms. The van der Waals surface area contributed by atoms with Gasteiger partial charge in [-0.2, -0.15) is 0 Å². The van der Waals surface area contributed by atoms with Crippen molar-refractivity contribution in [1.82, 2.24) is 15.4 Å². The molecule has 1 aromatic rings. The summed E-state index contributed by atoms with van der Waals surface area (Å²) in [5.41, 5.74) is 0.984. The van der Waals surface area contributed by atoms with Crippen LogP contribution in [-0.2, 0) is 6.54 Å². The van der Waals surface area contributed by atoms with Gasteiger partial charge in [0.25, 0.3) is 0 Å². The van der Waals surface area contributed by atoms with Gasteiger partial charge in [-0.15, -0.1) is 0 Å². The third-order valence-corrected chi connectivity index (χ3v) is 2.69. The molecule has 14 heavy (non-hydrogen) atoms. The number of likely N-dealkylation sites (N-methyl/N-ethyl adjacent to an activating group) is 1. The summed E-state index contributed by atoms with van der Waals surface area (Å²) in [6, 6.07) is 2.50. The second-order valence-electron chi connectivity index (χ2n) is 3.97. The van der Waals surface area contributed by atoms with E-state index in [1.54, 1.807) is 6.26 Å². The number of likely N-dealkylation sites (tertiary alicyclic amines) is 1. The van der Waals surface area contributed by atoms with Crippen molar-refractivity contribution in [2.75, 3.05) is 20.1 Å². The fourth-order valence-corrected chi connectivity index (χ4v) is 1.91. The predicted octanol–water partition coefficient (Wildman–Crippen LogP) is 0.858. The van der Waals surface area contributed by atoms with Crippen molar-refractivity contribution in [3.63, 3.8) is 0 Å². The summed E-state index contributed by atoms with van der Waals surface area (Å²) >= 11 is 0. The molecule has 0 radical (unpaired) electrons. The van der Waals surface area contributed by atoms with Crippen molar-refractivity contribution in [3.8, 4) is 0 Å². The molecule has 1 fully saturated rings. The molecule has 1 aromatic heterocycles. The standard InChI is InChI=1S/C10H17N3O/c1-13-5-2-3-10(8-13)11-7-9-4-6-14-12-9/h4,6,10-11H,2-3,5,7-8H2,1H3. The quantitative estimate of drug-likeness (QED) is 0.776. The Kier molecular flexibility index (Phi) is 3.16. The van der Waals surface area contributed by atoms with E-state index >= 15 is 0 Å². The molecule has 1 aliphatic heterocycles. The van der Waals surface area contributed by atoms with Gasteiger partial charge in [0.05, 0.1) is 5.69 Å². The van der Waals surface area contributed by atoms with Gasteiger partial charge in [-0.25, -0.2) is 0 Å². The van der Waals surface area contributed by atoms with Crippen LogP contribution in [0.2, 0.25) is 0 Å². The van der Waals surface area contributed by atoms with Crippen molar-refractivity contribution in [2.24, 2.45) is 0 Å². The Bertz CT molecular complexity index is 260. The Morgan fingerprint density at radius 3 is 3.36 bits per heavy atom. The summed E-state index contributed by atoms with van der Waals surface area (Å²) < 4.78 is 4.78. The second kappa shape index (κ2) is 4.57. The SMILES string of the molecule is CN1CCCC(NCc2ccon2)C1. The minimum atomic E-state index is 0.602. The van der Waals surface area contributed by atoms with Gasteiger partial charge in [0.2, 0.25) is 0 Å². The summed E-state index contributed by atoms with van der Waals surface area (Å²) in [5.74, 6) is 0. The molecule has 0 aromatic carbocycles. The number of nitrogens with one attached hydrogen (secondary N) is 1. The van der Waals surface area contributed by atoms with Gasteiger partial charge < -0.3 is 14.7 Å². The van der Waals surface area contributed by atoms with Crippen LogP contribution in [0.15, 0.2) is 16.9 Å². The first-order valence-electron chi connectivity index (χ1n) is 5.16. The van der Waals surface area contributed by atoms with Gasteiger partial charge in [0.15, 0.2) is 0 Å². The number of hydrogen-bond donors (Lipinski definition) is 1. The van der Waals surface area contributed by atoms with E-state index in [4.69, 9.17) is 4.52 Å². The number of aromatic nitrogens is 1. The molecule has 0 aliphatic carbocycles. The molecule has 1 aliphatic rings. The van der Waals surface area contributed by atoms with Gasteiger partial charge in [-0.3, -0.25) is 0 Å². The first kappa shape index (κ1) is 9.68. The molecule has 1 unspecified atom stereocenters. The van der Waals surface area contributed by atoms with Gasteiger partial charge in [-0.1, -0.05) is 5.16 Å². The number of rotatable bonds is 3. The molecule has 2 rings (SSSR count). The minimum absolute atomic E-state index is 0.602. The van der Waals surface area contributed by atoms with Crippen LogP contribution in [0.4, 0.5) is 0 Å². The van der Waals surface area contributed by atoms with Crippen molar-refractivity contribution < 1.29 is 4.52 Å². The predicted molar refractivity (Wildman–Crippen MR) is 53.9 cm³/mol. The fourth-order valence-electron chi connectivity index (χ4n) is 1.91. The molecule has 1 saturated heterocycles. The minimum Gasteiger partial charge on any atom is -0.364 e. The molecule has 0 amide bonds. The Balaban J connectivity index is 1.75. The van der Waals surface area contributed by atoms with E-state index in [1.807, 2.05) is 6.07 Å². The highest BCUT2D eigenvalue weighted by atomic mass is 16.5. The molecule has 78 valence electrons. The lowest BCUT2D eigenvalue weighted by Crippen LogP contribution is -2.43. The second-order valence-corrected chi connectivity index (χ2v) is 3.97. The lowest BCUT2D eigenvalue weighted by atomic mass is 10.1. The highest BCUT2D eigenvalue weighted by Gasteiger charge is 2.16. The third kappa shape index (κ3) is 2.56. The first-order chi connectivity index (χ1) is 6.84. The fraction of sp³-hybridized carbons (Fsp3) is 0.700. The largest absolute Gasteiger partial charge is 0.364 e. The van der Waals surface area contributed by atoms with E-state index in [0.717, 1.165) is 18.8 Å². The highest BCUT2D eigenvalue weighted by Crippen LogP contribution is 2.08. The van der Waals surface area contributed by atoms with Gasteiger partial charge in [0, 0.05) is 25.2 Å². The van der Waals surface area contributed by atoms with Crippen molar-refractivity contribution in [2.45, 2.75) is 25.4 Å². The van der Waals surface area contributed by atoms with E-state index in [9.17, 15) is 0 Å². The average molecular weight is 195 g/mol. The molecule has 0 spiro atoms. The topological polar surface area (TPSA) is 41.3 Å². The Morgan fingerprint density at radius 2 is 2.64 bits per heavy atom. The smallest absolute Gasteiger partial charge is 0.124 e. The zero-order valence-corrected chi connectivity index (χ0v) is 8.57. The van der Waals surface area contributed by atoms with Crippen molar-refractivity contribution in [3.05, 3.63) is 18.0 Å². The molecule has 1 atom stereocenters. The summed E-state index contributed by atoms with van der Waals surface area (Å²) in [7, 11) is 2.17. The van der Waals surface area contributed by atoms with Crippen LogP contribution in [0.5, 0.6) is 0 Å². The van der Waals surface area contributed by atoms with Crippen molar-refractivity contribution >= 4 is 0 Å². The Labute approximate surface area is 84.3 Å². The zero-order valence-electron chi connectivity index (χ0n) is 8.57. The molecule has 0 saturated carbocycles. The maximum atomic E-state index is 4.78. The molecular formula is C10H17N3O. The molecule has 1 N–H and O–H groups in total. The lowest BCUT2D eigenvalue weighted by Gasteiger charge is -2.30.